The zero-order valence-electron chi connectivity index (χ0n) is 12.4. The van der Waals surface area contributed by atoms with Crippen molar-refractivity contribution in [3.63, 3.8) is 0 Å². The van der Waals surface area contributed by atoms with Gasteiger partial charge < -0.3 is 9.80 Å². The Hall–Kier alpha value is -0.863. The number of nitrogens with zero attached hydrogens (tertiary/aromatic N) is 3. The van der Waals surface area contributed by atoms with Crippen LogP contribution in [0.3, 0.4) is 0 Å². The lowest BCUT2D eigenvalue weighted by molar-refractivity contribution is -0.150. The van der Waals surface area contributed by atoms with Gasteiger partial charge in [0.25, 0.3) is 0 Å². The smallest absolute Gasteiger partial charge is 0.349 e. The number of guanidine groups is 1. The summed E-state index contributed by atoms with van der Waals surface area (Å²) >= 11 is 0. The molecule has 0 aromatic heterocycles. The largest absolute Gasteiger partial charge is 0.389 e. The number of halogens is 5. The first-order valence-corrected chi connectivity index (χ1v) is 9.39. The molecule has 0 bridgehead atoms. The van der Waals surface area contributed by atoms with Gasteiger partial charge in [-0.2, -0.15) is 26.9 Å². The first kappa shape index (κ1) is 19.1. The van der Waals surface area contributed by atoms with Gasteiger partial charge in [0.05, 0.1) is 15.2 Å². The van der Waals surface area contributed by atoms with Gasteiger partial charge >= 0.3 is 12.2 Å². The second-order valence-electron chi connectivity index (χ2n) is 5.36. The molecule has 20 heavy (non-hydrogen) atoms. The molecule has 0 aromatic rings. The third-order valence-corrected chi connectivity index (χ3v) is 3.63. The minimum Gasteiger partial charge on any atom is -0.349 e. The highest BCUT2D eigenvalue weighted by Crippen LogP contribution is 2.30. The Kier molecular flexibility index (Phi) is 6.92. The van der Waals surface area contributed by atoms with Gasteiger partial charge in [-0.25, -0.2) is 0 Å². The fourth-order valence-corrected chi connectivity index (χ4v) is 2.91. The molecule has 0 aliphatic heterocycles. The molecule has 9 heteroatoms. The van der Waals surface area contributed by atoms with Crippen LogP contribution in [-0.2, 0) is 0 Å². The number of aliphatic imine (C=N–C) groups is 1. The van der Waals surface area contributed by atoms with Crippen LogP contribution >= 0.6 is 0 Å². The first-order valence-electron chi connectivity index (χ1n) is 6.27. The van der Waals surface area contributed by atoms with Crippen LogP contribution in [0.5, 0.6) is 0 Å². The Bertz CT molecular complexity index is 329. The van der Waals surface area contributed by atoms with E-state index in [-0.39, 0.29) is 5.96 Å². The summed E-state index contributed by atoms with van der Waals surface area (Å²) in [5.74, 6) is -0.00151. The molecule has 0 spiro atoms. The highest BCUT2D eigenvalue weighted by Gasteiger charge is 2.37. The second kappa shape index (κ2) is 7.23. The Morgan fingerprint density at radius 2 is 1.50 bits per heavy atom. The molecular formula is C11H22F5N3Si. The summed E-state index contributed by atoms with van der Waals surface area (Å²) in [6.45, 7) is 4.09. The SMILES string of the molecule is CN(C)C(=NC(F)(F)CCC(F)(F)F)N(C)C[SiH](C)C. The fourth-order valence-electron chi connectivity index (χ4n) is 1.65. The highest BCUT2D eigenvalue weighted by molar-refractivity contribution is 6.56. The molecule has 0 rings (SSSR count). The molecule has 0 heterocycles. The van der Waals surface area contributed by atoms with Crippen molar-refractivity contribution in [1.29, 1.82) is 0 Å². The minimum absolute atomic E-state index is 0.00151. The van der Waals surface area contributed by atoms with Crippen molar-refractivity contribution in [3.8, 4) is 0 Å². The maximum Gasteiger partial charge on any atom is 0.389 e. The lowest BCUT2D eigenvalue weighted by atomic mass is 10.3. The number of hydrogen-bond acceptors (Lipinski definition) is 1. The lowest BCUT2D eigenvalue weighted by Gasteiger charge is -2.29. The molecule has 0 atom stereocenters. The van der Waals surface area contributed by atoms with Gasteiger partial charge in [0.1, 0.15) is 0 Å². The van der Waals surface area contributed by atoms with Gasteiger partial charge in [-0.1, -0.05) is 13.1 Å². The topological polar surface area (TPSA) is 18.8 Å². The second-order valence-corrected chi connectivity index (χ2v) is 8.51. The van der Waals surface area contributed by atoms with Crippen LogP contribution in [0.15, 0.2) is 4.99 Å². The minimum atomic E-state index is -4.60. The molecular weight excluding hydrogens is 297 g/mol. The van der Waals surface area contributed by atoms with Gasteiger partial charge in [-0.15, -0.1) is 0 Å². The van der Waals surface area contributed by atoms with Crippen LogP contribution in [0.1, 0.15) is 12.8 Å². The summed E-state index contributed by atoms with van der Waals surface area (Å²) in [5, 5.41) is 0. The van der Waals surface area contributed by atoms with E-state index >= 15 is 0 Å². The summed E-state index contributed by atoms with van der Waals surface area (Å²) in [6.07, 6.45) is -6.87. The van der Waals surface area contributed by atoms with Crippen LogP contribution in [-0.4, -0.2) is 64.1 Å². The Balaban J connectivity index is 4.97. The molecule has 120 valence electrons. The van der Waals surface area contributed by atoms with E-state index in [1.165, 1.54) is 19.0 Å². The third-order valence-electron chi connectivity index (χ3n) is 2.35. The quantitative estimate of drug-likeness (QED) is 0.255. The van der Waals surface area contributed by atoms with Gasteiger partial charge in [-0.3, -0.25) is 0 Å². The summed E-state index contributed by atoms with van der Waals surface area (Å²) in [4.78, 5) is 6.18. The average molecular weight is 319 g/mol. The van der Waals surface area contributed by atoms with Gasteiger partial charge in [-0.05, 0) is 0 Å². The van der Waals surface area contributed by atoms with E-state index in [0.717, 1.165) is 0 Å². The summed E-state index contributed by atoms with van der Waals surface area (Å²) in [6, 6.07) is -3.72. The Morgan fingerprint density at radius 3 is 1.85 bits per heavy atom. The maximum atomic E-state index is 13.5. The molecule has 0 amide bonds. The maximum absolute atomic E-state index is 13.5. The first-order chi connectivity index (χ1) is 8.84. The molecule has 0 aromatic carbocycles. The van der Waals surface area contributed by atoms with Crippen molar-refractivity contribution in [2.24, 2.45) is 4.99 Å². The van der Waals surface area contributed by atoms with E-state index in [2.05, 4.69) is 4.99 Å². The summed E-state index contributed by atoms with van der Waals surface area (Å²) in [5.41, 5.74) is 0. The van der Waals surface area contributed by atoms with Gasteiger partial charge in [0.15, 0.2) is 0 Å². The van der Waals surface area contributed by atoms with E-state index in [1.54, 1.807) is 11.9 Å². The lowest BCUT2D eigenvalue weighted by Crippen LogP contribution is -2.43. The average Bonchev–Trinajstić information content (AvgIpc) is 2.21. The van der Waals surface area contributed by atoms with E-state index in [1.807, 2.05) is 13.1 Å². The zero-order valence-corrected chi connectivity index (χ0v) is 13.6. The predicted octanol–water partition coefficient (Wildman–Crippen LogP) is 2.80. The number of hydrogen-bond donors (Lipinski definition) is 0. The monoisotopic (exact) mass is 319 g/mol. The molecule has 0 saturated carbocycles. The molecule has 3 nitrogen and oxygen atoms in total. The van der Waals surface area contributed by atoms with Crippen molar-refractivity contribution in [1.82, 2.24) is 9.80 Å². The van der Waals surface area contributed by atoms with E-state index in [4.69, 9.17) is 0 Å². The third kappa shape index (κ3) is 8.34. The zero-order chi connectivity index (χ0) is 16.1. The van der Waals surface area contributed by atoms with E-state index in [9.17, 15) is 22.0 Å². The van der Waals surface area contributed by atoms with Crippen molar-refractivity contribution in [3.05, 3.63) is 0 Å². The predicted molar refractivity (Wildman–Crippen MR) is 72.9 cm³/mol. The highest BCUT2D eigenvalue weighted by atomic mass is 28.3. The molecule has 0 aliphatic carbocycles. The Morgan fingerprint density at radius 1 is 1.00 bits per heavy atom. The summed E-state index contributed by atoms with van der Waals surface area (Å²) < 4.78 is 63.1. The van der Waals surface area contributed by atoms with Crippen molar-refractivity contribution >= 4 is 14.8 Å². The number of alkyl halides is 5. The van der Waals surface area contributed by atoms with E-state index < -0.39 is 33.9 Å². The number of rotatable bonds is 5. The molecule has 0 unspecified atom stereocenters. The molecule has 0 saturated heterocycles. The normalized spacial score (nSPS) is 13.8. The van der Waals surface area contributed by atoms with Crippen molar-refractivity contribution < 1.29 is 22.0 Å². The fraction of sp³-hybridized carbons (Fsp3) is 0.909. The van der Waals surface area contributed by atoms with Gasteiger partial charge in [0.2, 0.25) is 5.96 Å². The van der Waals surface area contributed by atoms with Crippen molar-refractivity contribution in [2.45, 2.75) is 38.2 Å². The van der Waals surface area contributed by atoms with Gasteiger partial charge in [0, 0.05) is 33.7 Å². The van der Waals surface area contributed by atoms with Crippen LogP contribution in [0.2, 0.25) is 13.1 Å². The van der Waals surface area contributed by atoms with Crippen molar-refractivity contribution in [2.75, 3.05) is 27.3 Å². The van der Waals surface area contributed by atoms with Crippen LogP contribution < -0.4 is 0 Å². The molecule has 0 aliphatic rings. The van der Waals surface area contributed by atoms with Crippen LogP contribution in [0.4, 0.5) is 22.0 Å². The molecule has 0 N–H and O–H groups in total. The molecule has 0 fully saturated rings. The van der Waals surface area contributed by atoms with E-state index in [0.29, 0.717) is 6.17 Å². The summed E-state index contributed by atoms with van der Waals surface area (Å²) in [7, 11) is 3.65. The van der Waals surface area contributed by atoms with Crippen LogP contribution in [0, 0.1) is 0 Å². The standard InChI is InChI=1S/C11H22F5N3Si/c1-18(2)9(19(3)8-20(4)5)17-11(15,16)7-6-10(12,13)14/h20H,6-8H2,1-5H3. The Labute approximate surface area is 118 Å². The van der Waals surface area contributed by atoms with Crippen LogP contribution in [0.25, 0.3) is 0 Å². The molecule has 0 radical (unpaired) electrons.